The van der Waals surface area contributed by atoms with Gasteiger partial charge in [0.15, 0.2) is 0 Å². The Balaban J connectivity index is 1.38. The van der Waals surface area contributed by atoms with Crippen LogP contribution in [-0.4, -0.2) is 36.1 Å². The monoisotopic (exact) mass is 358 g/mol. The summed E-state index contributed by atoms with van der Waals surface area (Å²) in [6.45, 7) is 3.74. The molecule has 0 amide bonds. The third kappa shape index (κ3) is 5.03. The molecule has 3 heteroatoms. The minimum Gasteiger partial charge on any atom is -0.369 e. The molecule has 27 heavy (non-hydrogen) atoms. The number of pyridine rings is 1. The lowest BCUT2D eigenvalue weighted by molar-refractivity contribution is -0.0317. The molecule has 1 aromatic heterocycles. The Labute approximate surface area is 161 Å². The van der Waals surface area contributed by atoms with Crippen molar-refractivity contribution in [1.82, 2.24) is 9.88 Å². The summed E-state index contributed by atoms with van der Waals surface area (Å²) in [4.78, 5) is 7.39. The predicted octanol–water partition coefficient (Wildman–Crippen LogP) is 4.29. The zero-order valence-electron chi connectivity index (χ0n) is 15.6. The molecule has 1 atom stereocenters. The first-order valence-corrected chi connectivity index (χ1v) is 9.74. The second-order valence-corrected chi connectivity index (χ2v) is 7.11. The van der Waals surface area contributed by atoms with E-state index in [2.05, 4.69) is 77.7 Å². The minimum absolute atomic E-state index is 0.0604. The van der Waals surface area contributed by atoms with Crippen LogP contribution in [0.1, 0.15) is 28.6 Å². The van der Waals surface area contributed by atoms with Crippen LogP contribution in [0.3, 0.4) is 0 Å². The van der Waals surface area contributed by atoms with E-state index < -0.39 is 0 Å². The molecule has 3 nitrogen and oxygen atoms in total. The van der Waals surface area contributed by atoms with Crippen LogP contribution in [-0.2, 0) is 17.6 Å². The first kappa shape index (κ1) is 17.9. The van der Waals surface area contributed by atoms with Gasteiger partial charge in [0.05, 0.1) is 12.3 Å². The third-order valence-electron chi connectivity index (χ3n) is 5.10. The summed E-state index contributed by atoms with van der Waals surface area (Å²) >= 11 is 0. The molecule has 1 saturated heterocycles. The Morgan fingerprint density at radius 2 is 1.59 bits per heavy atom. The number of ether oxygens (including phenoxy) is 1. The number of hydrogen-bond donors (Lipinski definition) is 0. The highest BCUT2D eigenvalue weighted by Gasteiger charge is 2.23. The lowest BCUT2D eigenvalue weighted by Gasteiger charge is -2.32. The van der Waals surface area contributed by atoms with E-state index in [1.165, 1.54) is 11.1 Å². The number of morpholine rings is 1. The van der Waals surface area contributed by atoms with Gasteiger partial charge in [-0.15, -0.1) is 0 Å². The van der Waals surface area contributed by atoms with Gasteiger partial charge < -0.3 is 4.74 Å². The maximum Gasteiger partial charge on any atom is 0.112 e. The summed E-state index contributed by atoms with van der Waals surface area (Å²) in [5.74, 6) is 0. The van der Waals surface area contributed by atoms with E-state index >= 15 is 0 Å². The van der Waals surface area contributed by atoms with Gasteiger partial charge in [0.2, 0.25) is 0 Å². The van der Waals surface area contributed by atoms with Gasteiger partial charge >= 0.3 is 0 Å². The van der Waals surface area contributed by atoms with Crippen LogP contribution >= 0.6 is 0 Å². The summed E-state index contributed by atoms with van der Waals surface area (Å²) in [7, 11) is 0. The van der Waals surface area contributed by atoms with E-state index in [4.69, 9.17) is 9.72 Å². The molecule has 0 bridgehead atoms. The van der Waals surface area contributed by atoms with Gasteiger partial charge in [0, 0.05) is 31.7 Å². The zero-order chi connectivity index (χ0) is 18.3. The maximum absolute atomic E-state index is 6.05. The lowest BCUT2D eigenvalue weighted by atomic mass is 10.1. The van der Waals surface area contributed by atoms with Crippen molar-refractivity contribution in [3.05, 3.63) is 101 Å². The average Bonchev–Trinajstić information content (AvgIpc) is 2.74. The van der Waals surface area contributed by atoms with Crippen molar-refractivity contribution in [2.45, 2.75) is 18.9 Å². The highest BCUT2D eigenvalue weighted by Crippen LogP contribution is 2.21. The molecule has 4 rings (SSSR count). The van der Waals surface area contributed by atoms with E-state index in [9.17, 15) is 0 Å². The van der Waals surface area contributed by atoms with Crippen molar-refractivity contribution in [3.63, 3.8) is 0 Å². The number of nitrogens with zero attached hydrogens (tertiary/aromatic N) is 2. The fourth-order valence-electron chi connectivity index (χ4n) is 3.60. The average molecular weight is 358 g/mol. The summed E-state index contributed by atoms with van der Waals surface area (Å²) in [6, 6.07) is 27.5. The third-order valence-corrected chi connectivity index (χ3v) is 5.10. The molecule has 1 aliphatic rings. The quantitative estimate of drug-likeness (QED) is 0.657. The van der Waals surface area contributed by atoms with Crippen LogP contribution in [0.4, 0.5) is 0 Å². The summed E-state index contributed by atoms with van der Waals surface area (Å²) < 4.78 is 6.05. The molecule has 2 aromatic carbocycles. The van der Waals surface area contributed by atoms with Gasteiger partial charge in [-0.3, -0.25) is 9.88 Å². The van der Waals surface area contributed by atoms with Crippen molar-refractivity contribution in [2.75, 3.05) is 26.2 Å². The molecule has 0 unspecified atom stereocenters. The van der Waals surface area contributed by atoms with Crippen molar-refractivity contribution in [2.24, 2.45) is 0 Å². The Morgan fingerprint density at radius 3 is 2.37 bits per heavy atom. The van der Waals surface area contributed by atoms with E-state index in [0.717, 1.165) is 50.5 Å². The summed E-state index contributed by atoms with van der Waals surface area (Å²) in [5, 5.41) is 0. The molecule has 0 aliphatic carbocycles. The molecule has 0 N–H and O–H groups in total. The second kappa shape index (κ2) is 8.94. The fourth-order valence-corrected chi connectivity index (χ4v) is 3.60. The van der Waals surface area contributed by atoms with Crippen LogP contribution in [0.2, 0.25) is 0 Å². The SMILES string of the molecule is c1ccc(CCN2CCO[C@H](c3cccc(Cc4ccccc4)n3)C2)cc1. The molecule has 2 heterocycles. The summed E-state index contributed by atoms with van der Waals surface area (Å²) in [6.07, 6.45) is 2.00. The summed E-state index contributed by atoms with van der Waals surface area (Å²) in [5.41, 5.74) is 4.83. The van der Waals surface area contributed by atoms with Gasteiger partial charge in [-0.2, -0.15) is 0 Å². The molecule has 1 aliphatic heterocycles. The molecule has 0 radical (unpaired) electrons. The van der Waals surface area contributed by atoms with Gasteiger partial charge in [0.25, 0.3) is 0 Å². The number of aromatic nitrogens is 1. The number of hydrogen-bond acceptors (Lipinski definition) is 3. The Bertz CT molecular complexity index is 835. The highest BCUT2D eigenvalue weighted by atomic mass is 16.5. The Kier molecular flexibility index (Phi) is 5.92. The highest BCUT2D eigenvalue weighted by molar-refractivity contribution is 5.23. The van der Waals surface area contributed by atoms with Gasteiger partial charge in [0.1, 0.15) is 6.10 Å². The predicted molar refractivity (Wildman–Crippen MR) is 109 cm³/mol. The van der Waals surface area contributed by atoms with Crippen molar-refractivity contribution < 1.29 is 4.74 Å². The Morgan fingerprint density at radius 1 is 0.852 bits per heavy atom. The van der Waals surface area contributed by atoms with Crippen LogP contribution in [0.5, 0.6) is 0 Å². The molecule has 138 valence electrons. The van der Waals surface area contributed by atoms with Crippen LogP contribution in [0.25, 0.3) is 0 Å². The first-order valence-electron chi connectivity index (χ1n) is 9.74. The first-order chi connectivity index (χ1) is 13.4. The van der Waals surface area contributed by atoms with E-state index in [0.29, 0.717) is 0 Å². The van der Waals surface area contributed by atoms with Crippen molar-refractivity contribution in [1.29, 1.82) is 0 Å². The molecule has 3 aromatic rings. The maximum atomic E-state index is 6.05. The van der Waals surface area contributed by atoms with E-state index in [-0.39, 0.29) is 6.10 Å². The van der Waals surface area contributed by atoms with Crippen LogP contribution in [0.15, 0.2) is 78.9 Å². The molecule has 0 spiro atoms. The topological polar surface area (TPSA) is 25.4 Å². The largest absolute Gasteiger partial charge is 0.369 e. The van der Waals surface area contributed by atoms with Gasteiger partial charge in [-0.25, -0.2) is 0 Å². The second-order valence-electron chi connectivity index (χ2n) is 7.11. The van der Waals surface area contributed by atoms with Crippen LogP contribution < -0.4 is 0 Å². The van der Waals surface area contributed by atoms with Crippen molar-refractivity contribution in [3.8, 4) is 0 Å². The number of rotatable bonds is 6. The molecule has 1 fully saturated rings. The van der Waals surface area contributed by atoms with Crippen LogP contribution in [0, 0.1) is 0 Å². The normalized spacial score (nSPS) is 17.7. The molecule has 0 saturated carbocycles. The van der Waals surface area contributed by atoms with Gasteiger partial charge in [-0.1, -0.05) is 66.7 Å². The van der Waals surface area contributed by atoms with Gasteiger partial charge in [-0.05, 0) is 29.7 Å². The smallest absolute Gasteiger partial charge is 0.112 e. The zero-order valence-corrected chi connectivity index (χ0v) is 15.6. The fraction of sp³-hybridized carbons (Fsp3) is 0.292. The van der Waals surface area contributed by atoms with E-state index in [1.807, 2.05) is 6.07 Å². The Hall–Kier alpha value is -2.49. The minimum atomic E-state index is 0.0604. The molecular weight excluding hydrogens is 332 g/mol. The number of benzene rings is 2. The standard InChI is InChI=1S/C24H26N2O/c1-3-8-20(9-4-1)14-15-26-16-17-27-24(19-26)23-13-7-12-22(25-23)18-21-10-5-2-6-11-21/h1-13,24H,14-19H2/t24-/m0/s1. The molecular formula is C24H26N2O. The lowest BCUT2D eigenvalue weighted by Crippen LogP contribution is -2.39. The van der Waals surface area contributed by atoms with E-state index in [1.54, 1.807) is 0 Å². The van der Waals surface area contributed by atoms with Crippen molar-refractivity contribution >= 4 is 0 Å².